The summed E-state index contributed by atoms with van der Waals surface area (Å²) in [7, 11) is 0. The summed E-state index contributed by atoms with van der Waals surface area (Å²) in [5, 5.41) is 0.445. The van der Waals surface area contributed by atoms with Crippen LogP contribution in [0.15, 0.2) is 53.0 Å². The van der Waals surface area contributed by atoms with Crippen molar-refractivity contribution < 1.29 is 19.1 Å². The molecule has 0 N–H and O–H groups in total. The highest BCUT2D eigenvalue weighted by Crippen LogP contribution is 2.31. The van der Waals surface area contributed by atoms with Crippen molar-refractivity contribution in [2.75, 3.05) is 18.1 Å². The Kier molecular flexibility index (Phi) is 5.74. The Balaban J connectivity index is 1.59. The number of para-hydroxylation sites is 1. The van der Waals surface area contributed by atoms with Crippen LogP contribution in [0.25, 0.3) is 0 Å². The zero-order chi connectivity index (χ0) is 18.7. The van der Waals surface area contributed by atoms with Gasteiger partial charge in [-0.2, -0.15) is 0 Å². The van der Waals surface area contributed by atoms with Gasteiger partial charge in [-0.05, 0) is 24.3 Å². The van der Waals surface area contributed by atoms with Gasteiger partial charge in [0.1, 0.15) is 0 Å². The van der Waals surface area contributed by atoms with Crippen LogP contribution in [0, 0.1) is 5.92 Å². The quantitative estimate of drug-likeness (QED) is 0.527. The SMILES string of the molecule is O=C(COC(=O)C1CC(=O)N(c2ccccc2Cl)C1)c1ccc(Br)cc1. The third kappa shape index (κ3) is 4.14. The standard InChI is InChI=1S/C19H15BrClNO4/c20-14-7-5-12(6-8-14)17(23)11-26-19(25)13-9-18(24)22(10-13)16-4-2-1-3-15(16)21/h1-8,13H,9-11H2. The lowest BCUT2D eigenvalue weighted by Crippen LogP contribution is -2.27. The van der Waals surface area contributed by atoms with Gasteiger partial charge in [-0.15, -0.1) is 0 Å². The zero-order valence-electron chi connectivity index (χ0n) is 13.7. The van der Waals surface area contributed by atoms with Crippen molar-refractivity contribution in [2.24, 2.45) is 5.92 Å². The predicted molar refractivity (Wildman–Crippen MR) is 101 cm³/mol. The summed E-state index contributed by atoms with van der Waals surface area (Å²) in [4.78, 5) is 38.0. The molecule has 3 rings (SSSR count). The molecule has 0 bridgehead atoms. The molecule has 5 nitrogen and oxygen atoms in total. The summed E-state index contributed by atoms with van der Waals surface area (Å²) in [5.41, 5.74) is 1.03. The molecule has 1 aliphatic heterocycles. The van der Waals surface area contributed by atoms with Crippen molar-refractivity contribution in [3.63, 3.8) is 0 Å². The van der Waals surface area contributed by atoms with E-state index >= 15 is 0 Å². The Bertz CT molecular complexity index is 853. The minimum absolute atomic E-state index is 0.0382. The number of ether oxygens (including phenoxy) is 1. The average Bonchev–Trinajstić information content (AvgIpc) is 3.02. The van der Waals surface area contributed by atoms with E-state index in [4.69, 9.17) is 16.3 Å². The van der Waals surface area contributed by atoms with Crippen LogP contribution in [-0.4, -0.2) is 30.8 Å². The van der Waals surface area contributed by atoms with E-state index in [1.54, 1.807) is 48.5 Å². The van der Waals surface area contributed by atoms with E-state index in [2.05, 4.69) is 15.9 Å². The fourth-order valence-electron chi connectivity index (χ4n) is 2.74. The van der Waals surface area contributed by atoms with Gasteiger partial charge in [-0.3, -0.25) is 14.4 Å². The van der Waals surface area contributed by atoms with Gasteiger partial charge in [0.15, 0.2) is 12.4 Å². The number of hydrogen-bond acceptors (Lipinski definition) is 4. The molecular formula is C19H15BrClNO4. The molecule has 2 aromatic rings. The van der Waals surface area contributed by atoms with E-state index in [1.165, 1.54) is 4.90 Å². The van der Waals surface area contributed by atoms with Crippen molar-refractivity contribution in [1.82, 2.24) is 0 Å². The maximum absolute atomic E-state index is 12.2. The van der Waals surface area contributed by atoms with Gasteiger partial charge >= 0.3 is 5.97 Å². The molecule has 2 aromatic carbocycles. The van der Waals surface area contributed by atoms with Crippen molar-refractivity contribution in [2.45, 2.75) is 6.42 Å². The summed E-state index contributed by atoms with van der Waals surface area (Å²) in [6, 6.07) is 13.7. The maximum atomic E-state index is 12.2. The Hall–Kier alpha value is -2.18. The van der Waals surface area contributed by atoms with Gasteiger partial charge in [0, 0.05) is 23.0 Å². The smallest absolute Gasteiger partial charge is 0.311 e. The zero-order valence-corrected chi connectivity index (χ0v) is 16.0. The van der Waals surface area contributed by atoms with E-state index in [0.29, 0.717) is 16.3 Å². The largest absolute Gasteiger partial charge is 0.457 e. The minimum atomic E-state index is -0.614. The number of Topliss-reactive ketones (excluding diaryl/α,β-unsaturated/α-hetero) is 1. The summed E-state index contributed by atoms with van der Waals surface area (Å²) in [5.74, 6) is -1.66. The number of carbonyl (C=O) groups excluding carboxylic acids is 3. The number of nitrogens with zero attached hydrogens (tertiary/aromatic N) is 1. The fourth-order valence-corrected chi connectivity index (χ4v) is 3.24. The molecular weight excluding hydrogens is 422 g/mol. The number of anilines is 1. The number of halogens is 2. The van der Waals surface area contributed by atoms with E-state index < -0.39 is 11.9 Å². The fraction of sp³-hybridized carbons (Fsp3) is 0.211. The lowest BCUT2D eigenvalue weighted by atomic mass is 10.1. The van der Waals surface area contributed by atoms with Crippen LogP contribution in [0.5, 0.6) is 0 Å². The summed E-state index contributed by atoms with van der Waals surface area (Å²) in [6.45, 7) is -0.162. The maximum Gasteiger partial charge on any atom is 0.311 e. The topological polar surface area (TPSA) is 63.7 Å². The molecule has 1 amide bonds. The second-order valence-corrected chi connectivity index (χ2v) is 7.22. The van der Waals surface area contributed by atoms with Crippen molar-refractivity contribution >= 4 is 50.9 Å². The molecule has 1 saturated heterocycles. The predicted octanol–water partition coefficient (Wildman–Crippen LogP) is 3.88. The molecule has 1 heterocycles. The molecule has 0 aromatic heterocycles. The first-order chi connectivity index (χ1) is 12.5. The number of carbonyl (C=O) groups is 3. The molecule has 26 heavy (non-hydrogen) atoms. The highest BCUT2D eigenvalue weighted by atomic mass is 79.9. The Morgan fingerprint density at radius 3 is 2.54 bits per heavy atom. The molecule has 0 spiro atoms. The van der Waals surface area contributed by atoms with E-state index in [9.17, 15) is 14.4 Å². The highest BCUT2D eigenvalue weighted by molar-refractivity contribution is 9.10. The Morgan fingerprint density at radius 1 is 1.15 bits per heavy atom. The van der Waals surface area contributed by atoms with Crippen LogP contribution in [0.1, 0.15) is 16.8 Å². The minimum Gasteiger partial charge on any atom is -0.457 e. The summed E-state index contributed by atoms with van der Waals surface area (Å²) in [6.07, 6.45) is 0.0382. The third-order valence-corrected chi connectivity index (χ3v) is 4.96. The van der Waals surface area contributed by atoms with E-state index in [0.717, 1.165) is 4.47 Å². The van der Waals surface area contributed by atoms with Gasteiger partial charge in [-0.25, -0.2) is 0 Å². The monoisotopic (exact) mass is 435 g/mol. The molecule has 0 radical (unpaired) electrons. The van der Waals surface area contributed by atoms with Gasteiger partial charge in [0.05, 0.1) is 16.6 Å². The third-order valence-electron chi connectivity index (χ3n) is 4.11. The van der Waals surface area contributed by atoms with Crippen LogP contribution >= 0.6 is 27.5 Å². The first-order valence-electron chi connectivity index (χ1n) is 7.96. The molecule has 0 saturated carbocycles. The summed E-state index contributed by atoms with van der Waals surface area (Å²) >= 11 is 9.41. The number of esters is 1. The van der Waals surface area contributed by atoms with Crippen LogP contribution in [0.4, 0.5) is 5.69 Å². The lowest BCUT2D eigenvalue weighted by Gasteiger charge is -2.17. The molecule has 1 atom stereocenters. The van der Waals surface area contributed by atoms with Gasteiger partial charge in [0.25, 0.3) is 0 Å². The summed E-state index contributed by atoms with van der Waals surface area (Å²) < 4.78 is 5.98. The second kappa shape index (κ2) is 8.01. The number of ketones is 1. The molecule has 1 fully saturated rings. The first kappa shape index (κ1) is 18.6. The molecule has 1 unspecified atom stereocenters. The highest BCUT2D eigenvalue weighted by Gasteiger charge is 2.37. The molecule has 134 valence electrons. The van der Waals surface area contributed by atoms with Crippen LogP contribution < -0.4 is 4.90 Å². The number of hydrogen-bond donors (Lipinski definition) is 0. The normalized spacial score (nSPS) is 16.6. The first-order valence-corrected chi connectivity index (χ1v) is 9.13. The van der Waals surface area contributed by atoms with E-state index in [1.807, 2.05) is 0 Å². The van der Waals surface area contributed by atoms with Crippen molar-refractivity contribution in [3.8, 4) is 0 Å². The molecule has 0 aliphatic carbocycles. The van der Waals surface area contributed by atoms with Gasteiger partial charge < -0.3 is 9.64 Å². The van der Waals surface area contributed by atoms with Gasteiger partial charge in [0.2, 0.25) is 5.91 Å². The lowest BCUT2D eigenvalue weighted by molar-refractivity contribution is -0.147. The Labute approximate surface area is 164 Å². The Morgan fingerprint density at radius 2 is 1.85 bits per heavy atom. The van der Waals surface area contributed by atoms with Crippen molar-refractivity contribution in [1.29, 1.82) is 0 Å². The second-order valence-electron chi connectivity index (χ2n) is 5.89. The number of amides is 1. The van der Waals surface area contributed by atoms with Crippen LogP contribution in [0.2, 0.25) is 5.02 Å². The molecule has 1 aliphatic rings. The number of rotatable bonds is 5. The average molecular weight is 437 g/mol. The van der Waals surface area contributed by atoms with Crippen molar-refractivity contribution in [3.05, 3.63) is 63.6 Å². The van der Waals surface area contributed by atoms with Gasteiger partial charge in [-0.1, -0.05) is 51.8 Å². The number of benzene rings is 2. The van der Waals surface area contributed by atoms with Crippen LogP contribution in [-0.2, 0) is 14.3 Å². The van der Waals surface area contributed by atoms with E-state index in [-0.39, 0.29) is 31.3 Å². The van der Waals surface area contributed by atoms with Crippen LogP contribution in [0.3, 0.4) is 0 Å². The molecule has 7 heteroatoms.